The van der Waals surface area contributed by atoms with Crippen LogP contribution in [0, 0.1) is 5.92 Å². The number of aromatic nitrogens is 2. The number of carbonyl (C=O) groups excluding carboxylic acids is 2. The second-order valence-corrected chi connectivity index (χ2v) is 6.59. The lowest BCUT2D eigenvalue weighted by molar-refractivity contribution is -0.190. The molecule has 2 aliphatic heterocycles. The van der Waals surface area contributed by atoms with Gasteiger partial charge in [0.2, 0.25) is 5.91 Å². The molecule has 25 heavy (non-hydrogen) atoms. The highest BCUT2D eigenvalue weighted by atomic mass is 16.5. The molecule has 2 aliphatic rings. The number of amides is 2. The Labute approximate surface area is 146 Å². The summed E-state index contributed by atoms with van der Waals surface area (Å²) >= 11 is 0. The summed E-state index contributed by atoms with van der Waals surface area (Å²) in [4.78, 5) is 33.5. The molecule has 3 heterocycles. The van der Waals surface area contributed by atoms with Crippen LogP contribution < -0.4 is 5.32 Å². The fourth-order valence-corrected chi connectivity index (χ4v) is 3.18. The minimum atomic E-state index is -0.218. The van der Waals surface area contributed by atoms with Gasteiger partial charge in [-0.3, -0.25) is 14.6 Å². The molecule has 2 saturated heterocycles. The van der Waals surface area contributed by atoms with Crippen molar-refractivity contribution in [1.29, 1.82) is 0 Å². The zero-order valence-electron chi connectivity index (χ0n) is 14.4. The van der Waals surface area contributed by atoms with Gasteiger partial charge in [-0.2, -0.15) is 0 Å². The topological polar surface area (TPSA) is 93.7 Å². The van der Waals surface area contributed by atoms with Gasteiger partial charge in [0.15, 0.2) is 0 Å². The molecule has 2 amide bonds. The van der Waals surface area contributed by atoms with Gasteiger partial charge >= 0.3 is 0 Å². The highest BCUT2D eigenvalue weighted by Crippen LogP contribution is 2.35. The van der Waals surface area contributed by atoms with E-state index in [1.54, 1.807) is 4.90 Å². The number of hydrogen-bond acceptors (Lipinski definition) is 6. The molecule has 1 spiro atoms. The van der Waals surface area contributed by atoms with Crippen molar-refractivity contribution in [3.05, 3.63) is 24.3 Å². The molecule has 0 aliphatic carbocycles. The predicted octanol–water partition coefficient (Wildman–Crippen LogP) is 0.251. The van der Waals surface area contributed by atoms with Crippen LogP contribution in [0.3, 0.4) is 0 Å². The van der Waals surface area contributed by atoms with Crippen LogP contribution in [0.15, 0.2) is 18.6 Å². The molecule has 1 aromatic heterocycles. The maximum absolute atomic E-state index is 12.0. The molecule has 136 valence electrons. The number of rotatable bonds is 6. The Morgan fingerprint density at radius 2 is 2.28 bits per heavy atom. The molecule has 0 unspecified atom stereocenters. The maximum Gasteiger partial charge on any atom is 0.271 e. The summed E-state index contributed by atoms with van der Waals surface area (Å²) in [7, 11) is 0. The normalized spacial score (nSPS) is 21.6. The summed E-state index contributed by atoms with van der Waals surface area (Å²) in [6.45, 7) is 4.98. The summed E-state index contributed by atoms with van der Waals surface area (Å²) in [5.41, 5.74) is 0.117. The minimum Gasteiger partial charge on any atom is -0.372 e. The summed E-state index contributed by atoms with van der Waals surface area (Å²) in [5, 5.41) is 2.88. The van der Waals surface area contributed by atoms with Gasteiger partial charge in [0.25, 0.3) is 5.91 Å². The number of nitrogens with zero attached hydrogens (tertiary/aromatic N) is 3. The Bertz CT molecular complexity index is 594. The van der Waals surface area contributed by atoms with Crippen LogP contribution >= 0.6 is 0 Å². The van der Waals surface area contributed by atoms with Crippen LogP contribution in [-0.2, 0) is 14.3 Å². The van der Waals surface area contributed by atoms with Crippen molar-refractivity contribution in [2.24, 2.45) is 5.92 Å². The van der Waals surface area contributed by atoms with Gasteiger partial charge in [-0.15, -0.1) is 0 Å². The standard InChI is InChI=1S/C17H24N4O4/c1-2-24-10-15(22)21-11-17(12-21)4-3-13(9-25-17)7-20-16(23)14-8-18-5-6-19-14/h5-6,8,13H,2-4,7,9-12H2,1H3,(H,20,23)/t13-/m1/s1. The van der Waals surface area contributed by atoms with Gasteiger partial charge < -0.3 is 19.7 Å². The lowest BCUT2D eigenvalue weighted by atomic mass is 9.83. The quantitative estimate of drug-likeness (QED) is 0.792. The minimum absolute atomic E-state index is 0.0226. The van der Waals surface area contributed by atoms with E-state index in [9.17, 15) is 9.59 Å². The third-order valence-corrected chi connectivity index (χ3v) is 4.72. The Kier molecular flexibility index (Phi) is 5.60. The second-order valence-electron chi connectivity index (χ2n) is 6.59. The molecule has 1 N–H and O–H groups in total. The highest BCUT2D eigenvalue weighted by Gasteiger charge is 2.48. The van der Waals surface area contributed by atoms with Crippen LogP contribution in [0.1, 0.15) is 30.3 Å². The zero-order chi connectivity index (χ0) is 17.7. The summed E-state index contributed by atoms with van der Waals surface area (Å²) in [5.74, 6) is 0.0820. The highest BCUT2D eigenvalue weighted by molar-refractivity contribution is 5.91. The van der Waals surface area contributed by atoms with E-state index in [0.717, 1.165) is 12.8 Å². The van der Waals surface area contributed by atoms with Crippen molar-refractivity contribution in [3.8, 4) is 0 Å². The van der Waals surface area contributed by atoms with Crippen LogP contribution in [0.25, 0.3) is 0 Å². The molecule has 0 aromatic carbocycles. The predicted molar refractivity (Wildman–Crippen MR) is 88.8 cm³/mol. The van der Waals surface area contributed by atoms with E-state index in [2.05, 4.69) is 15.3 Å². The Morgan fingerprint density at radius 1 is 1.44 bits per heavy atom. The van der Waals surface area contributed by atoms with Gasteiger partial charge in [-0.05, 0) is 25.7 Å². The molecule has 2 fully saturated rings. The van der Waals surface area contributed by atoms with Gasteiger partial charge in [0.05, 0.1) is 25.9 Å². The van der Waals surface area contributed by atoms with Crippen molar-refractivity contribution in [1.82, 2.24) is 20.2 Å². The van der Waals surface area contributed by atoms with Gasteiger partial charge in [-0.25, -0.2) is 4.98 Å². The first-order valence-corrected chi connectivity index (χ1v) is 8.65. The largest absolute Gasteiger partial charge is 0.372 e. The van der Waals surface area contributed by atoms with Crippen molar-refractivity contribution in [2.75, 3.05) is 39.5 Å². The van der Waals surface area contributed by atoms with E-state index in [4.69, 9.17) is 9.47 Å². The lowest BCUT2D eigenvalue weighted by Crippen LogP contribution is -2.67. The number of carbonyl (C=O) groups is 2. The van der Waals surface area contributed by atoms with E-state index in [1.165, 1.54) is 18.6 Å². The molecule has 0 saturated carbocycles. The van der Waals surface area contributed by atoms with E-state index in [0.29, 0.717) is 38.5 Å². The van der Waals surface area contributed by atoms with Crippen LogP contribution in [-0.4, -0.2) is 71.7 Å². The number of hydrogen-bond donors (Lipinski definition) is 1. The third kappa shape index (κ3) is 4.32. The molecule has 1 aromatic rings. The summed E-state index contributed by atoms with van der Waals surface area (Å²) < 4.78 is 11.2. The Balaban J connectivity index is 1.37. The number of ether oxygens (including phenoxy) is 2. The monoisotopic (exact) mass is 348 g/mol. The smallest absolute Gasteiger partial charge is 0.271 e. The fourth-order valence-electron chi connectivity index (χ4n) is 3.18. The fraction of sp³-hybridized carbons (Fsp3) is 0.647. The van der Waals surface area contributed by atoms with Crippen LogP contribution in [0.2, 0.25) is 0 Å². The van der Waals surface area contributed by atoms with Gasteiger partial charge in [0.1, 0.15) is 17.9 Å². The van der Waals surface area contributed by atoms with Crippen LogP contribution in [0.5, 0.6) is 0 Å². The number of likely N-dealkylation sites (tertiary alicyclic amines) is 1. The average molecular weight is 348 g/mol. The molecular weight excluding hydrogens is 324 g/mol. The first kappa shape index (κ1) is 17.8. The third-order valence-electron chi connectivity index (χ3n) is 4.72. The molecule has 8 nitrogen and oxygen atoms in total. The van der Waals surface area contributed by atoms with Crippen molar-refractivity contribution in [2.45, 2.75) is 25.4 Å². The van der Waals surface area contributed by atoms with Crippen molar-refractivity contribution < 1.29 is 19.1 Å². The van der Waals surface area contributed by atoms with E-state index >= 15 is 0 Å². The second kappa shape index (κ2) is 7.88. The number of nitrogens with one attached hydrogen (secondary N) is 1. The van der Waals surface area contributed by atoms with Gasteiger partial charge in [-0.1, -0.05) is 0 Å². The van der Waals surface area contributed by atoms with Crippen molar-refractivity contribution >= 4 is 11.8 Å². The molecule has 3 rings (SSSR count). The van der Waals surface area contributed by atoms with Gasteiger partial charge in [0, 0.05) is 25.5 Å². The first-order valence-electron chi connectivity index (χ1n) is 8.65. The zero-order valence-corrected chi connectivity index (χ0v) is 14.4. The van der Waals surface area contributed by atoms with E-state index in [-0.39, 0.29) is 29.9 Å². The molecule has 0 radical (unpaired) electrons. The lowest BCUT2D eigenvalue weighted by Gasteiger charge is -2.52. The molecular formula is C17H24N4O4. The SMILES string of the molecule is CCOCC(=O)N1CC2(CC[C@H](CNC(=O)c3cnccn3)CO2)C1. The van der Waals surface area contributed by atoms with E-state index in [1.807, 2.05) is 6.92 Å². The first-order chi connectivity index (χ1) is 12.1. The summed E-state index contributed by atoms with van der Waals surface area (Å²) in [6.07, 6.45) is 6.35. The summed E-state index contributed by atoms with van der Waals surface area (Å²) in [6, 6.07) is 0. The Hall–Kier alpha value is -2.06. The average Bonchev–Trinajstić information content (AvgIpc) is 2.63. The van der Waals surface area contributed by atoms with Crippen molar-refractivity contribution in [3.63, 3.8) is 0 Å². The molecule has 1 atom stereocenters. The maximum atomic E-state index is 12.0. The van der Waals surface area contributed by atoms with Crippen LogP contribution in [0.4, 0.5) is 0 Å². The Morgan fingerprint density at radius 3 is 2.92 bits per heavy atom. The molecule has 8 heteroatoms. The van der Waals surface area contributed by atoms with E-state index < -0.39 is 0 Å². The molecule has 0 bridgehead atoms.